The van der Waals surface area contributed by atoms with Gasteiger partial charge in [0.25, 0.3) is 5.91 Å². The van der Waals surface area contributed by atoms with E-state index >= 15 is 0 Å². The van der Waals surface area contributed by atoms with Gasteiger partial charge in [0.1, 0.15) is 0 Å². The van der Waals surface area contributed by atoms with E-state index in [0.717, 1.165) is 24.9 Å². The number of hydrogen-bond donors (Lipinski definition) is 0. The first-order valence-corrected chi connectivity index (χ1v) is 6.58. The molecular formula is C12H14BrNO2. The largest absolute Gasteiger partial charge is 0.444 e. The molecule has 1 aromatic rings. The summed E-state index contributed by atoms with van der Waals surface area (Å²) in [4.78, 5) is 14.0. The highest BCUT2D eigenvalue weighted by molar-refractivity contribution is 9.10. The highest BCUT2D eigenvalue weighted by Crippen LogP contribution is 2.38. The van der Waals surface area contributed by atoms with Crippen LogP contribution in [0.3, 0.4) is 0 Å². The second-order valence-electron chi connectivity index (χ2n) is 4.76. The third-order valence-electron chi connectivity index (χ3n) is 3.80. The number of fused-ring (bicyclic) bond motifs is 1. The number of rotatable bonds is 1. The van der Waals surface area contributed by atoms with E-state index in [2.05, 4.69) is 15.9 Å². The summed E-state index contributed by atoms with van der Waals surface area (Å²) in [6.45, 7) is 1.84. The quantitative estimate of drug-likeness (QED) is 0.794. The molecule has 2 fully saturated rings. The van der Waals surface area contributed by atoms with Crippen molar-refractivity contribution in [3.8, 4) is 0 Å². The van der Waals surface area contributed by atoms with Crippen LogP contribution in [0.1, 0.15) is 29.8 Å². The van der Waals surface area contributed by atoms with Gasteiger partial charge in [-0.15, -0.1) is 0 Å². The van der Waals surface area contributed by atoms with Gasteiger partial charge in [-0.1, -0.05) is 6.42 Å². The third kappa shape index (κ3) is 1.69. The van der Waals surface area contributed by atoms with Crippen LogP contribution in [0.4, 0.5) is 0 Å². The van der Waals surface area contributed by atoms with Gasteiger partial charge in [-0.05, 0) is 52.7 Å². The van der Waals surface area contributed by atoms with Crippen molar-refractivity contribution in [2.75, 3.05) is 13.1 Å². The fourth-order valence-corrected chi connectivity index (χ4v) is 3.29. The summed E-state index contributed by atoms with van der Waals surface area (Å²) in [5, 5.41) is 0. The van der Waals surface area contributed by atoms with E-state index in [9.17, 15) is 4.79 Å². The molecule has 0 bridgehead atoms. The molecular weight excluding hydrogens is 270 g/mol. The Hall–Kier alpha value is -0.770. The summed E-state index contributed by atoms with van der Waals surface area (Å²) in [5.41, 5.74) is 0. The molecule has 0 spiro atoms. The molecule has 4 heteroatoms. The van der Waals surface area contributed by atoms with Gasteiger partial charge in [-0.2, -0.15) is 0 Å². The lowest BCUT2D eigenvalue weighted by atomic mass is 10.0. The van der Waals surface area contributed by atoms with Gasteiger partial charge in [-0.3, -0.25) is 4.79 Å². The lowest BCUT2D eigenvalue weighted by Crippen LogP contribution is -2.29. The molecule has 1 aliphatic carbocycles. The number of amides is 1. The SMILES string of the molecule is O=C(c1ccc(Br)o1)N1CC2CCCC2C1. The zero-order valence-electron chi connectivity index (χ0n) is 8.99. The van der Waals surface area contributed by atoms with E-state index < -0.39 is 0 Å². The molecule has 16 heavy (non-hydrogen) atoms. The standard InChI is InChI=1S/C12H14BrNO2/c13-11-5-4-10(16-11)12(15)14-6-8-2-1-3-9(8)7-14/h4-5,8-9H,1-3,6-7H2. The van der Waals surface area contributed by atoms with Crippen molar-refractivity contribution in [1.82, 2.24) is 4.90 Å². The molecule has 0 radical (unpaired) electrons. The summed E-state index contributed by atoms with van der Waals surface area (Å²) in [5.74, 6) is 1.97. The van der Waals surface area contributed by atoms with Crippen LogP contribution < -0.4 is 0 Å². The fourth-order valence-electron chi connectivity index (χ4n) is 2.99. The number of nitrogens with zero attached hydrogens (tertiary/aromatic N) is 1. The number of furan rings is 1. The van der Waals surface area contributed by atoms with Gasteiger partial charge in [0.15, 0.2) is 10.4 Å². The number of carbonyl (C=O) groups is 1. The highest BCUT2D eigenvalue weighted by Gasteiger charge is 2.38. The normalized spacial score (nSPS) is 28.4. The fraction of sp³-hybridized carbons (Fsp3) is 0.583. The molecule has 3 nitrogen and oxygen atoms in total. The molecule has 3 rings (SSSR count). The molecule has 1 aliphatic heterocycles. The first-order chi connectivity index (χ1) is 7.74. The van der Waals surface area contributed by atoms with Crippen molar-refractivity contribution in [2.24, 2.45) is 11.8 Å². The monoisotopic (exact) mass is 283 g/mol. The Morgan fingerprint density at radius 2 is 2.00 bits per heavy atom. The summed E-state index contributed by atoms with van der Waals surface area (Å²) in [7, 11) is 0. The Balaban J connectivity index is 1.73. The van der Waals surface area contributed by atoms with E-state index in [1.54, 1.807) is 12.1 Å². The molecule has 0 N–H and O–H groups in total. The molecule has 2 atom stereocenters. The maximum absolute atomic E-state index is 12.1. The van der Waals surface area contributed by atoms with Crippen molar-refractivity contribution in [3.05, 3.63) is 22.6 Å². The lowest BCUT2D eigenvalue weighted by Gasteiger charge is -2.15. The van der Waals surface area contributed by atoms with Gasteiger partial charge < -0.3 is 9.32 Å². The Labute approximate surface area is 103 Å². The zero-order chi connectivity index (χ0) is 11.1. The van der Waals surface area contributed by atoms with E-state index in [4.69, 9.17) is 4.42 Å². The summed E-state index contributed by atoms with van der Waals surface area (Å²) >= 11 is 3.22. The maximum Gasteiger partial charge on any atom is 0.289 e. The predicted molar refractivity (Wildman–Crippen MR) is 63.1 cm³/mol. The second kappa shape index (κ2) is 3.91. The number of hydrogen-bond acceptors (Lipinski definition) is 2. The second-order valence-corrected chi connectivity index (χ2v) is 5.55. The first-order valence-electron chi connectivity index (χ1n) is 5.78. The molecule has 1 aromatic heterocycles. The Bertz CT molecular complexity index is 403. The average Bonchev–Trinajstić information content (AvgIpc) is 2.89. The van der Waals surface area contributed by atoms with Crippen molar-refractivity contribution in [3.63, 3.8) is 0 Å². The van der Waals surface area contributed by atoms with Crippen molar-refractivity contribution in [2.45, 2.75) is 19.3 Å². The molecule has 86 valence electrons. The maximum atomic E-state index is 12.1. The first kappa shape index (κ1) is 10.4. The number of likely N-dealkylation sites (tertiary alicyclic amines) is 1. The van der Waals surface area contributed by atoms with Crippen LogP contribution in [0.2, 0.25) is 0 Å². The van der Waals surface area contributed by atoms with Crippen molar-refractivity contribution >= 4 is 21.8 Å². The van der Waals surface area contributed by atoms with Gasteiger partial charge >= 0.3 is 0 Å². The van der Waals surface area contributed by atoms with Gasteiger partial charge in [0.2, 0.25) is 0 Å². The molecule has 1 saturated carbocycles. The third-order valence-corrected chi connectivity index (χ3v) is 4.22. The Kier molecular flexibility index (Phi) is 2.54. The van der Waals surface area contributed by atoms with Crippen molar-refractivity contribution in [1.29, 1.82) is 0 Å². The zero-order valence-corrected chi connectivity index (χ0v) is 10.6. The molecule has 0 aromatic carbocycles. The van der Waals surface area contributed by atoms with Crippen LogP contribution in [-0.2, 0) is 0 Å². The minimum atomic E-state index is 0.0418. The summed E-state index contributed by atoms with van der Waals surface area (Å²) in [6, 6.07) is 3.50. The predicted octanol–water partition coefficient (Wildman–Crippen LogP) is 2.91. The van der Waals surface area contributed by atoms with Crippen LogP contribution in [0, 0.1) is 11.8 Å². The summed E-state index contributed by atoms with van der Waals surface area (Å²) < 4.78 is 5.93. The Morgan fingerprint density at radius 3 is 2.56 bits per heavy atom. The molecule has 2 aliphatic rings. The van der Waals surface area contributed by atoms with E-state index in [1.807, 2.05) is 4.90 Å². The minimum absolute atomic E-state index is 0.0418. The van der Waals surface area contributed by atoms with Crippen LogP contribution in [0.15, 0.2) is 21.2 Å². The van der Waals surface area contributed by atoms with E-state index in [0.29, 0.717) is 10.4 Å². The summed E-state index contributed by atoms with van der Waals surface area (Å²) in [6.07, 6.45) is 3.91. The minimum Gasteiger partial charge on any atom is -0.444 e. The van der Waals surface area contributed by atoms with Crippen LogP contribution in [0.5, 0.6) is 0 Å². The van der Waals surface area contributed by atoms with Crippen LogP contribution >= 0.6 is 15.9 Å². The van der Waals surface area contributed by atoms with Crippen LogP contribution in [0.25, 0.3) is 0 Å². The number of halogens is 1. The topological polar surface area (TPSA) is 33.5 Å². The van der Waals surface area contributed by atoms with Crippen molar-refractivity contribution < 1.29 is 9.21 Å². The molecule has 2 unspecified atom stereocenters. The average molecular weight is 284 g/mol. The Morgan fingerprint density at radius 1 is 1.31 bits per heavy atom. The number of carbonyl (C=O) groups excluding carboxylic acids is 1. The molecule has 1 saturated heterocycles. The smallest absolute Gasteiger partial charge is 0.289 e. The van der Waals surface area contributed by atoms with Crippen LogP contribution in [-0.4, -0.2) is 23.9 Å². The van der Waals surface area contributed by atoms with Gasteiger partial charge in [-0.25, -0.2) is 0 Å². The molecule has 2 heterocycles. The lowest BCUT2D eigenvalue weighted by molar-refractivity contribution is 0.0747. The molecule has 1 amide bonds. The van der Waals surface area contributed by atoms with E-state index in [1.165, 1.54) is 19.3 Å². The van der Waals surface area contributed by atoms with E-state index in [-0.39, 0.29) is 5.91 Å². The van der Waals surface area contributed by atoms with Gasteiger partial charge in [0.05, 0.1) is 0 Å². The van der Waals surface area contributed by atoms with Gasteiger partial charge in [0, 0.05) is 13.1 Å². The highest BCUT2D eigenvalue weighted by atomic mass is 79.9.